The highest BCUT2D eigenvalue weighted by molar-refractivity contribution is 14.0. The Hall–Kier alpha value is -2.56. The van der Waals surface area contributed by atoms with Gasteiger partial charge in [-0.3, -0.25) is 0 Å². The van der Waals surface area contributed by atoms with E-state index < -0.39 is 0 Å². The Balaban J connectivity index is 0.00000480. The van der Waals surface area contributed by atoms with Crippen LogP contribution in [0.1, 0.15) is 18.1 Å². The third-order valence-electron chi connectivity index (χ3n) is 4.48. The summed E-state index contributed by atoms with van der Waals surface area (Å²) >= 11 is 0. The van der Waals surface area contributed by atoms with E-state index in [1.807, 2.05) is 37.3 Å². The summed E-state index contributed by atoms with van der Waals surface area (Å²) in [6, 6.07) is 9.48. The highest BCUT2D eigenvalue weighted by Crippen LogP contribution is 2.39. The number of rotatable bonds is 10. The average molecular weight is 545 g/mol. The average Bonchev–Trinajstić information content (AvgIpc) is 2.79. The maximum absolute atomic E-state index is 5.54. The van der Waals surface area contributed by atoms with Crippen LogP contribution in [0.25, 0.3) is 0 Å². The van der Waals surface area contributed by atoms with Gasteiger partial charge in [-0.2, -0.15) is 0 Å². The minimum atomic E-state index is 0. The lowest BCUT2D eigenvalue weighted by atomic mass is 10.1. The molecule has 2 N–H and O–H groups in total. The molecule has 9 heteroatoms. The zero-order valence-electron chi connectivity index (χ0n) is 18.9. The number of methoxy groups -OCH3 is 5. The molecule has 31 heavy (non-hydrogen) atoms. The predicted molar refractivity (Wildman–Crippen MR) is 133 cm³/mol. The zero-order valence-corrected chi connectivity index (χ0v) is 21.2. The van der Waals surface area contributed by atoms with Gasteiger partial charge in [-0.05, 0) is 31.2 Å². The largest absolute Gasteiger partial charge is 0.497 e. The number of nitrogens with zero attached hydrogens (tertiary/aromatic N) is 1. The molecule has 0 aromatic heterocycles. The molecule has 2 rings (SSSR count). The quantitative estimate of drug-likeness (QED) is 0.268. The van der Waals surface area contributed by atoms with Crippen molar-refractivity contribution in [3.63, 3.8) is 0 Å². The van der Waals surface area contributed by atoms with Crippen LogP contribution in [0.4, 0.5) is 0 Å². The van der Waals surface area contributed by atoms with E-state index >= 15 is 0 Å². The Kier molecular flexibility index (Phi) is 11.7. The molecule has 0 aliphatic carbocycles. The van der Waals surface area contributed by atoms with Crippen molar-refractivity contribution in [3.8, 4) is 28.7 Å². The van der Waals surface area contributed by atoms with E-state index in [4.69, 9.17) is 23.7 Å². The molecule has 172 valence electrons. The highest BCUT2D eigenvalue weighted by atomic mass is 127. The molecule has 0 heterocycles. The highest BCUT2D eigenvalue weighted by Gasteiger charge is 2.15. The second-order valence-corrected chi connectivity index (χ2v) is 6.22. The SMILES string of the molecule is CCNC(=NCc1ccc(OC)c(OC)c1OC)NCc1ccc(OC)cc1OC.I. The van der Waals surface area contributed by atoms with E-state index in [1.165, 1.54) is 0 Å². The van der Waals surface area contributed by atoms with Crippen molar-refractivity contribution in [2.75, 3.05) is 42.1 Å². The van der Waals surface area contributed by atoms with Gasteiger partial charge in [-0.15, -0.1) is 24.0 Å². The smallest absolute Gasteiger partial charge is 0.203 e. The van der Waals surface area contributed by atoms with E-state index in [0.717, 1.165) is 29.2 Å². The molecule has 0 unspecified atom stereocenters. The van der Waals surface area contributed by atoms with Crippen LogP contribution in [0.5, 0.6) is 28.7 Å². The standard InChI is InChI=1S/C22H31N3O5.HI/c1-7-23-22(24-13-15-8-10-17(26-2)12-19(15)28-4)25-14-16-9-11-18(27-3)21(30-6)20(16)29-5;/h8-12H,7,13-14H2,1-6H3,(H2,23,24,25);1H. The molecule has 0 saturated heterocycles. The third kappa shape index (κ3) is 6.98. The molecule has 0 fully saturated rings. The van der Waals surface area contributed by atoms with E-state index in [-0.39, 0.29) is 24.0 Å². The van der Waals surface area contributed by atoms with Crippen molar-refractivity contribution < 1.29 is 23.7 Å². The van der Waals surface area contributed by atoms with Crippen LogP contribution >= 0.6 is 24.0 Å². The topological polar surface area (TPSA) is 82.6 Å². The van der Waals surface area contributed by atoms with Gasteiger partial charge < -0.3 is 34.3 Å². The van der Waals surface area contributed by atoms with Crippen molar-refractivity contribution in [1.29, 1.82) is 0 Å². The van der Waals surface area contributed by atoms with Gasteiger partial charge in [0.2, 0.25) is 5.75 Å². The molecule has 8 nitrogen and oxygen atoms in total. The minimum absolute atomic E-state index is 0. The summed E-state index contributed by atoms with van der Waals surface area (Å²) in [4.78, 5) is 4.68. The molecular weight excluding hydrogens is 513 g/mol. The van der Waals surface area contributed by atoms with Gasteiger partial charge in [0.25, 0.3) is 0 Å². The summed E-state index contributed by atoms with van der Waals surface area (Å²) in [6.07, 6.45) is 0. The van der Waals surface area contributed by atoms with Crippen LogP contribution in [0.3, 0.4) is 0 Å². The Morgan fingerprint density at radius 3 is 2.03 bits per heavy atom. The lowest BCUT2D eigenvalue weighted by Gasteiger charge is -2.16. The van der Waals surface area contributed by atoms with Crippen LogP contribution in [-0.2, 0) is 13.1 Å². The number of benzene rings is 2. The number of halogens is 1. The summed E-state index contributed by atoms with van der Waals surface area (Å²) in [6.45, 7) is 3.69. The Morgan fingerprint density at radius 2 is 1.45 bits per heavy atom. The van der Waals surface area contributed by atoms with Crippen LogP contribution in [0, 0.1) is 0 Å². The first kappa shape index (κ1) is 26.5. The lowest BCUT2D eigenvalue weighted by Crippen LogP contribution is -2.36. The van der Waals surface area contributed by atoms with Crippen molar-refractivity contribution in [3.05, 3.63) is 41.5 Å². The van der Waals surface area contributed by atoms with Crippen molar-refractivity contribution >= 4 is 29.9 Å². The fraction of sp³-hybridized carbons (Fsp3) is 0.409. The third-order valence-corrected chi connectivity index (χ3v) is 4.48. The molecule has 0 atom stereocenters. The summed E-state index contributed by atoms with van der Waals surface area (Å²) in [5.74, 6) is 3.93. The molecule has 0 spiro atoms. The molecule has 2 aromatic carbocycles. The molecule has 0 aliphatic heterocycles. The fourth-order valence-electron chi connectivity index (χ4n) is 2.97. The monoisotopic (exact) mass is 545 g/mol. The minimum Gasteiger partial charge on any atom is -0.497 e. The van der Waals surface area contributed by atoms with E-state index in [2.05, 4.69) is 15.6 Å². The van der Waals surface area contributed by atoms with Gasteiger partial charge in [0.15, 0.2) is 17.5 Å². The molecule has 2 aromatic rings. The normalized spacial score (nSPS) is 10.6. The Bertz CT molecular complexity index is 861. The van der Waals surface area contributed by atoms with Crippen molar-refractivity contribution in [2.24, 2.45) is 4.99 Å². The first-order valence-electron chi connectivity index (χ1n) is 9.62. The summed E-state index contributed by atoms with van der Waals surface area (Å²) in [7, 11) is 8.05. The van der Waals surface area contributed by atoms with Gasteiger partial charge in [-0.25, -0.2) is 4.99 Å². The predicted octanol–water partition coefficient (Wildman–Crippen LogP) is 3.60. The van der Waals surface area contributed by atoms with E-state index in [1.54, 1.807) is 35.5 Å². The Morgan fingerprint density at radius 1 is 0.774 bits per heavy atom. The van der Waals surface area contributed by atoms with Crippen LogP contribution in [0.15, 0.2) is 35.3 Å². The summed E-state index contributed by atoms with van der Waals surface area (Å²) in [5, 5.41) is 6.58. The second kappa shape index (κ2) is 13.7. The second-order valence-electron chi connectivity index (χ2n) is 6.22. The molecule has 0 amide bonds. The van der Waals surface area contributed by atoms with Gasteiger partial charge in [0.05, 0.1) is 42.1 Å². The molecule has 0 bridgehead atoms. The fourth-order valence-corrected chi connectivity index (χ4v) is 2.97. The molecule has 0 radical (unpaired) electrons. The number of guanidine groups is 1. The van der Waals surface area contributed by atoms with E-state index in [9.17, 15) is 0 Å². The van der Waals surface area contributed by atoms with Gasteiger partial charge in [-0.1, -0.05) is 0 Å². The first-order valence-corrected chi connectivity index (χ1v) is 9.62. The van der Waals surface area contributed by atoms with Gasteiger partial charge >= 0.3 is 0 Å². The van der Waals surface area contributed by atoms with Gasteiger partial charge in [0.1, 0.15) is 11.5 Å². The maximum atomic E-state index is 5.54. The number of nitrogens with one attached hydrogen (secondary N) is 2. The summed E-state index contributed by atoms with van der Waals surface area (Å²) < 4.78 is 27.0. The number of aliphatic imine (C=N–C) groups is 1. The maximum Gasteiger partial charge on any atom is 0.203 e. The number of hydrogen-bond donors (Lipinski definition) is 2. The Labute approximate surface area is 201 Å². The van der Waals surface area contributed by atoms with Crippen molar-refractivity contribution in [1.82, 2.24) is 10.6 Å². The van der Waals surface area contributed by atoms with Crippen LogP contribution in [0.2, 0.25) is 0 Å². The number of ether oxygens (including phenoxy) is 5. The molecule has 0 saturated carbocycles. The lowest BCUT2D eigenvalue weighted by molar-refractivity contribution is 0.322. The molecule has 0 aliphatic rings. The van der Waals surface area contributed by atoms with Crippen LogP contribution < -0.4 is 34.3 Å². The van der Waals surface area contributed by atoms with Gasteiger partial charge in [0, 0.05) is 30.3 Å². The zero-order chi connectivity index (χ0) is 21.9. The van der Waals surface area contributed by atoms with Crippen molar-refractivity contribution in [2.45, 2.75) is 20.0 Å². The van der Waals surface area contributed by atoms with Crippen LogP contribution in [-0.4, -0.2) is 48.1 Å². The first-order chi connectivity index (χ1) is 14.6. The van der Waals surface area contributed by atoms with E-state index in [0.29, 0.717) is 36.3 Å². The molecular formula is C22H32IN3O5. The number of hydrogen-bond acceptors (Lipinski definition) is 6. The summed E-state index contributed by atoms with van der Waals surface area (Å²) in [5.41, 5.74) is 1.88.